The summed E-state index contributed by atoms with van der Waals surface area (Å²) in [6, 6.07) is 7.65. The van der Waals surface area contributed by atoms with E-state index >= 15 is 0 Å². The van der Waals surface area contributed by atoms with Crippen LogP contribution in [0.3, 0.4) is 0 Å². The Morgan fingerprint density at radius 2 is 2.27 bits per heavy atom. The number of thioether (sulfide) groups is 1. The first kappa shape index (κ1) is 12.1. The number of carbonyl (C=O) groups is 1. The molecule has 0 amide bonds. The van der Waals surface area contributed by atoms with Gasteiger partial charge in [0.05, 0.1) is 0 Å². The third kappa shape index (κ3) is 4.88. The molecule has 0 spiro atoms. The standard InChI is InChI=1S/C12H16O2S/c1-2-3-7-15-11-6-4-5-10(8-11)9-12(13)14/h4-6,8H,2-3,7,9H2,1H3,(H,13,14)/p-1. The highest BCUT2D eigenvalue weighted by molar-refractivity contribution is 7.99. The van der Waals surface area contributed by atoms with Gasteiger partial charge in [0, 0.05) is 17.3 Å². The van der Waals surface area contributed by atoms with E-state index in [4.69, 9.17) is 0 Å². The molecule has 0 heterocycles. The van der Waals surface area contributed by atoms with E-state index in [2.05, 4.69) is 6.92 Å². The molecule has 0 N–H and O–H groups in total. The number of benzene rings is 1. The normalized spacial score (nSPS) is 10.2. The van der Waals surface area contributed by atoms with Gasteiger partial charge < -0.3 is 9.90 Å². The summed E-state index contributed by atoms with van der Waals surface area (Å²) in [5.74, 6) is 0.0661. The van der Waals surface area contributed by atoms with E-state index in [1.165, 1.54) is 12.8 Å². The molecule has 3 heteroatoms. The van der Waals surface area contributed by atoms with Gasteiger partial charge in [-0.15, -0.1) is 11.8 Å². The lowest BCUT2D eigenvalue weighted by atomic mass is 10.2. The highest BCUT2D eigenvalue weighted by Gasteiger charge is 1.97. The minimum atomic E-state index is -1.02. The van der Waals surface area contributed by atoms with Crippen molar-refractivity contribution in [2.75, 3.05) is 5.75 Å². The Bertz CT molecular complexity index is 323. The fourth-order valence-corrected chi connectivity index (χ4v) is 2.32. The van der Waals surface area contributed by atoms with Gasteiger partial charge >= 0.3 is 0 Å². The van der Waals surface area contributed by atoms with Crippen LogP contribution < -0.4 is 5.11 Å². The van der Waals surface area contributed by atoms with E-state index < -0.39 is 5.97 Å². The number of rotatable bonds is 6. The van der Waals surface area contributed by atoms with Crippen molar-refractivity contribution in [3.05, 3.63) is 29.8 Å². The Kier molecular flexibility index (Phi) is 5.26. The van der Waals surface area contributed by atoms with Gasteiger partial charge in [-0.2, -0.15) is 0 Å². The zero-order valence-corrected chi connectivity index (χ0v) is 9.68. The summed E-state index contributed by atoms with van der Waals surface area (Å²) in [4.78, 5) is 11.6. The summed E-state index contributed by atoms with van der Waals surface area (Å²) < 4.78 is 0. The number of aliphatic carboxylic acids is 1. The molecular weight excluding hydrogens is 208 g/mol. The van der Waals surface area contributed by atoms with Crippen molar-refractivity contribution in [3.8, 4) is 0 Å². The van der Waals surface area contributed by atoms with Crippen molar-refractivity contribution >= 4 is 17.7 Å². The van der Waals surface area contributed by atoms with E-state index in [1.54, 1.807) is 11.8 Å². The van der Waals surface area contributed by atoms with E-state index in [-0.39, 0.29) is 6.42 Å². The summed E-state index contributed by atoms with van der Waals surface area (Å²) in [5.41, 5.74) is 0.816. The summed E-state index contributed by atoms with van der Waals surface area (Å²) in [6.45, 7) is 2.16. The number of carboxylic acid groups (broad SMARTS) is 1. The Labute approximate surface area is 94.7 Å². The lowest BCUT2D eigenvalue weighted by Crippen LogP contribution is -2.24. The van der Waals surface area contributed by atoms with Crippen LogP contribution >= 0.6 is 11.8 Å². The van der Waals surface area contributed by atoms with E-state index in [9.17, 15) is 9.90 Å². The van der Waals surface area contributed by atoms with Gasteiger partial charge in [0.25, 0.3) is 0 Å². The molecule has 0 saturated carbocycles. The Morgan fingerprint density at radius 1 is 1.47 bits per heavy atom. The van der Waals surface area contributed by atoms with Crippen molar-refractivity contribution in [1.82, 2.24) is 0 Å². The molecule has 0 saturated heterocycles. The first-order valence-electron chi connectivity index (χ1n) is 5.14. The highest BCUT2D eigenvalue weighted by atomic mass is 32.2. The lowest BCUT2D eigenvalue weighted by molar-refractivity contribution is -0.304. The fraction of sp³-hybridized carbons (Fsp3) is 0.417. The molecule has 0 aromatic heterocycles. The third-order valence-corrected chi connectivity index (χ3v) is 3.09. The summed E-state index contributed by atoms with van der Waals surface area (Å²) in [7, 11) is 0. The van der Waals surface area contributed by atoms with E-state index in [1.807, 2.05) is 24.3 Å². The van der Waals surface area contributed by atoms with E-state index in [0.717, 1.165) is 16.2 Å². The van der Waals surface area contributed by atoms with E-state index in [0.29, 0.717) is 0 Å². The van der Waals surface area contributed by atoms with Crippen molar-refractivity contribution < 1.29 is 9.90 Å². The van der Waals surface area contributed by atoms with Crippen LogP contribution in [-0.4, -0.2) is 11.7 Å². The first-order valence-corrected chi connectivity index (χ1v) is 6.12. The van der Waals surface area contributed by atoms with Crippen LogP contribution in [0.25, 0.3) is 0 Å². The smallest absolute Gasteiger partial charge is 0.0458 e. The average molecular weight is 223 g/mol. The Hall–Kier alpha value is -0.960. The van der Waals surface area contributed by atoms with Gasteiger partial charge in [-0.3, -0.25) is 0 Å². The monoisotopic (exact) mass is 223 g/mol. The second-order valence-electron chi connectivity index (χ2n) is 3.40. The van der Waals surface area contributed by atoms with Gasteiger partial charge in [0.2, 0.25) is 0 Å². The van der Waals surface area contributed by atoms with Gasteiger partial charge in [0.1, 0.15) is 0 Å². The van der Waals surface area contributed by atoms with Crippen LogP contribution in [0.2, 0.25) is 0 Å². The molecule has 0 unspecified atom stereocenters. The molecule has 0 aliphatic heterocycles. The van der Waals surface area contributed by atoms with Gasteiger partial charge in [-0.25, -0.2) is 0 Å². The summed E-state index contributed by atoms with van der Waals surface area (Å²) in [5, 5.41) is 10.4. The van der Waals surface area contributed by atoms with Crippen molar-refractivity contribution in [1.29, 1.82) is 0 Å². The number of hydrogen-bond donors (Lipinski definition) is 0. The maximum absolute atomic E-state index is 10.4. The molecule has 0 radical (unpaired) electrons. The SMILES string of the molecule is CCCCSc1cccc(CC(=O)[O-])c1. The Balaban J connectivity index is 2.53. The van der Waals surface area contributed by atoms with Gasteiger partial charge in [0.15, 0.2) is 0 Å². The largest absolute Gasteiger partial charge is 0.550 e. The number of hydrogen-bond acceptors (Lipinski definition) is 3. The van der Waals surface area contributed by atoms with Crippen LogP contribution in [0.1, 0.15) is 25.3 Å². The molecular formula is C12H15O2S-. The Morgan fingerprint density at radius 3 is 2.93 bits per heavy atom. The van der Waals surface area contributed by atoms with Crippen molar-refractivity contribution in [2.24, 2.45) is 0 Å². The lowest BCUT2D eigenvalue weighted by Gasteiger charge is -2.05. The van der Waals surface area contributed by atoms with Crippen molar-refractivity contribution in [2.45, 2.75) is 31.1 Å². The zero-order chi connectivity index (χ0) is 11.1. The molecule has 2 nitrogen and oxygen atoms in total. The molecule has 82 valence electrons. The summed E-state index contributed by atoms with van der Waals surface area (Å²) >= 11 is 1.77. The maximum atomic E-state index is 10.4. The van der Waals surface area contributed by atoms with Gasteiger partial charge in [-0.1, -0.05) is 25.5 Å². The van der Waals surface area contributed by atoms with Crippen LogP contribution in [0.4, 0.5) is 0 Å². The molecule has 15 heavy (non-hydrogen) atoms. The first-order chi connectivity index (χ1) is 7.22. The van der Waals surface area contributed by atoms with Crippen LogP contribution in [0, 0.1) is 0 Å². The molecule has 1 rings (SSSR count). The second-order valence-corrected chi connectivity index (χ2v) is 4.57. The average Bonchev–Trinajstić information content (AvgIpc) is 2.18. The summed E-state index contributed by atoms with van der Waals surface area (Å²) in [6.07, 6.45) is 2.38. The minimum absolute atomic E-state index is 0.00216. The predicted molar refractivity (Wildman–Crippen MR) is 60.8 cm³/mol. The number of unbranched alkanes of at least 4 members (excludes halogenated alkanes) is 1. The molecule has 0 fully saturated rings. The second kappa shape index (κ2) is 6.51. The molecule has 0 aliphatic rings. The zero-order valence-electron chi connectivity index (χ0n) is 8.86. The van der Waals surface area contributed by atoms with Crippen LogP contribution in [0.5, 0.6) is 0 Å². The predicted octanol–water partition coefficient (Wildman–Crippen LogP) is 1.87. The highest BCUT2D eigenvalue weighted by Crippen LogP contribution is 2.20. The third-order valence-electron chi connectivity index (χ3n) is 2.01. The number of carbonyl (C=O) groups excluding carboxylic acids is 1. The fourth-order valence-electron chi connectivity index (χ4n) is 1.25. The van der Waals surface area contributed by atoms with Gasteiger partial charge in [-0.05, 0) is 29.9 Å². The topological polar surface area (TPSA) is 40.1 Å². The quantitative estimate of drug-likeness (QED) is 0.546. The molecule has 1 aromatic carbocycles. The van der Waals surface area contributed by atoms with Crippen molar-refractivity contribution in [3.63, 3.8) is 0 Å². The molecule has 0 atom stereocenters. The molecule has 1 aromatic rings. The number of carboxylic acids is 1. The van der Waals surface area contributed by atoms with Crippen LogP contribution in [-0.2, 0) is 11.2 Å². The molecule has 0 aliphatic carbocycles. The van der Waals surface area contributed by atoms with Crippen LogP contribution in [0.15, 0.2) is 29.2 Å². The molecule has 0 bridgehead atoms. The minimum Gasteiger partial charge on any atom is -0.550 e. The maximum Gasteiger partial charge on any atom is 0.0458 e.